The number of hydrogen-bond donors (Lipinski definition) is 0. The van der Waals surface area contributed by atoms with Crippen molar-refractivity contribution in [2.45, 2.75) is 12.4 Å². The highest BCUT2D eigenvalue weighted by atomic mass is 32.2. The van der Waals surface area contributed by atoms with Crippen molar-refractivity contribution in [3.8, 4) is 17.3 Å². The van der Waals surface area contributed by atoms with Crippen molar-refractivity contribution >= 4 is 10.1 Å². The third-order valence-electron chi connectivity index (χ3n) is 2.25. The van der Waals surface area contributed by atoms with Crippen LogP contribution in [0.1, 0.15) is 5.76 Å². The lowest BCUT2D eigenvalue weighted by atomic mass is 10.2. The summed E-state index contributed by atoms with van der Waals surface area (Å²) >= 11 is 0. The summed E-state index contributed by atoms with van der Waals surface area (Å²) < 4.78 is 67.4. The minimum absolute atomic E-state index is 0.0320. The fraction of sp³-hybridized carbons (Fsp3) is 0.182. The highest BCUT2D eigenvalue weighted by Gasteiger charge is 2.49. The first kappa shape index (κ1) is 14.4. The Bertz CT molecular complexity index is 707. The van der Waals surface area contributed by atoms with Gasteiger partial charge < -0.3 is 8.60 Å². The Kier molecular flexibility index (Phi) is 3.46. The van der Waals surface area contributed by atoms with Gasteiger partial charge in [0, 0.05) is 5.56 Å². The fourth-order valence-electron chi connectivity index (χ4n) is 1.32. The molecule has 1 aromatic heterocycles. The smallest absolute Gasteiger partial charge is 0.437 e. The van der Waals surface area contributed by atoms with Gasteiger partial charge in [0.1, 0.15) is 0 Å². The molecule has 1 heterocycles. The molecule has 0 atom stereocenters. The number of halogens is 3. The third kappa shape index (κ3) is 2.77. The number of alkyl halides is 3. The molecule has 0 unspecified atom stereocenters. The zero-order valence-electron chi connectivity index (χ0n) is 10.0. The molecule has 0 aliphatic heterocycles. The second-order valence-electron chi connectivity index (χ2n) is 3.73. The summed E-state index contributed by atoms with van der Waals surface area (Å²) in [6.45, 7) is 1.25. The van der Waals surface area contributed by atoms with Gasteiger partial charge in [-0.3, -0.25) is 0 Å². The Hall–Kier alpha value is -2.03. The second-order valence-corrected chi connectivity index (χ2v) is 5.27. The van der Waals surface area contributed by atoms with Crippen LogP contribution in [0.25, 0.3) is 11.5 Å². The molecule has 0 bridgehead atoms. The summed E-state index contributed by atoms with van der Waals surface area (Å²) in [5, 5.41) is 0. The summed E-state index contributed by atoms with van der Waals surface area (Å²) in [5.74, 6) is -0.937. The van der Waals surface area contributed by atoms with Gasteiger partial charge in [-0.2, -0.15) is 26.6 Å². The standard InChI is InChI=1S/C11H8F3NO4S/c1-7-9(19-20(16,17)11(12,13)14)15-10(18-7)8-5-3-2-4-6-8/h2-6H,1H3. The lowest BCUT2D eigenvalue weighted by molar-refractivity contribution is -0.0501. The molecule has 0 spiro atoms. The van der Waals surface area contributed by atoms with Crippen molar-refractivity contribution in [1.82, 2.24) is 4.98 Å². The van der Waals surface area contributed by atoms with Crippen LogP contribution in [0.4, 0.5) is 13.2 Å². The molecule has 0 saturated carbocycles. The van der Waals surface area contributed by atoms with E-state index in [2.05, 4.69) is 9.17 Å². The van der Waals surface area contributed by atoms with Crippen molar-refractivity contribution in [3.05, 3.63) is 36.1 Å². The van der Waals surface area contributed by atoms with Gasteiger partial charge in [0.25, 0.3) is 5.88 Å². The average Bonchev–Trinajstić information content (AvgIpc) is 2.70. The molecule has 2 aromatic rings. The van der Waals surface area contributed by atoms with E-state index in [4.69, 9.17) is 4.42 Å². The Labute approximate surface area is 112 Å². The molecule has 2 rings (SSSR count). The maximum Gasteiger partial charge on any atom is 0.534 e. The number of aromatic nitrogens is 1. The Morgan fingerprint density at radius 3 is 2.35 bits per heavy atom. The van der Waals surface area contributed by atoms with Gasteiger partial charge in [-0.05, 0) is 19.1 Å². The Balaban J connectivity index is 2.35. The van der Waals surface area contributed by atoms with E-state index >= 15 is 0 Å². The predicted octanol–water partition coefficient (Wildman–Crippen LogP) is 2.88. The first-order valence-electron chi connectivity index (χ1n) is 5.24. The zero-order chi connectivity index (χ0) is 15.0. The average molecular weight is 307 g/mol. The van der Waals surface area contributed by atoms with Crippen molar-refractivity contribution in [2.24, 2.45) is 0 Å². The molecule has 0 saturated heterocycles. The van der Waals surface area contributed by atoms with Crippen LogP contribution < -0.4 is 4.18 Å². The molecular formula is C11H8F3NO4S. The summed E-state index contributed by atoms with van der Waals surface area (Å²) in [4.78, 5) is 3.61. The molecule has 0 aliphatic carbocycles. The summed E-state index contributed by atoms with van der Waals surface area (Å²) in [6, 6.07) is 8.27. The number of nitrogens with zero attached hydrogens (tertiary/aromatic N) is 1. The quantitative estimate of drug-likeness (QED) is 0.644. The summed E-state index contributed by atoms with van der Waals surface area (Å²) in [7, 11) is -5.76. The minimum Gasteiger partial charge on any atom is -0.437 e. The number of aryl methyl sites for hydroxylation is 1. The van der Waals surface area contributed by atoms with E-state index in [1.54, 1.807) is 30.3 Å². The highest BCUT2D eigenvalue weighted by molar-refractivity contribution is 7.87. The molecule has 0 N–H and O–H groups in total. The van der Waals surface area contributed by atoms with Crippen LogP contribution in [0, 0.1) is 6.92 Å². The van der Waals surface area contributed by atoms with Gasteiger partial charge in [-0.1, -0.05) is 18.2 Å². The number of benzene rings is 1. The van der Waals surface area contributed by atoms with E-state index in [9.17, 15) is 21.6 Å². The lowest BCUT2D eigenvalue weighted by Gasteiger charge is -2.06. The highest BCUT2D eigenvalue weighted by Crippen LogP contribution is 2.31. The minimum atomic E-state index is -5.76. The molecule has 1 aromatic carbocycles. The topological polar surface area (TPSA) is 69.4 Å². The van der Waals surface area contributed by atoms with Gasteiger partial charge in [-0.25, -0.2) is 0 Å². The Morgan fingerprint density at radius 1 is 1.20 bits per heavy atom. The molecule has 0 amide bonds. The third-order valence-corrected chi connectivity index (χ3v) is 3.19. The van der Waals surface area contributed by atoms with Gasteiger partial charge in [0.2, 0.25) is 5.89 Å². The first-order valence-corrected chi connectivity index (χ1v) is 6.65. The van der Waals surface area contributed by atoms with Gasteiger partial charge in [0.05, 0.1) is 0 Å². The molecule has 0 radical (unpaired) electrons. The predicted molar refractivity (Wildman–Crippen MR) is 62.3 cm³/mol. The summed E-state index contributed by atoms with van der Waals surface area (Å²) in [6.07, 6.45) is 0. The normalized spacial score (nSPS) is 12.4. The van der Waals surface area contributed by atoms with Gasteiger partial charge in [0.15, 0.2) is 5.76 Å². The van der Waals surface area contributed by atoms with E-state index in [0.717, 1.165) is 0 Å². The maximum absolute atomic E-state index is 12.2. The first-order chi connectivity index (χ1) is 9.21. The number of rotatable bonds is 3. The molecular weight excluding hydrogens is 299 g/mol. The largest absolute Gasteiger partial charge is 0.534 e. The maximum atomic E-state index is 12.2. The van der Waals surface area contributed by atoms with Crippen LogP contribution in [-0.2, 0) is 10.1 Å². The van der Waals surface area contributed by atoms with Crippen LogP contribution in [0.15, 0.2) is 34.7 Å². The lowest BCUT2D eigenvalue weighted by Crippen LogP contribution is -2.28. The second kappa shape index (κ2) is 4.82. The zero-order valence-corrected chi connectivity index (χ0v) is 10.8. The van der Waals surface area contributed by atoms with E-state index in [1.807, 2.05) is 0 Å². The monoisotopic (exact) mass is 307 g/mol. The molecule has 9 heteroatoms. The molecule has 5 nitrogen and oxygen atoms in total. The Morgan fingerprint density at radius 2 is 1.80 bits per heavy atom. The van der Waals surface area contributed by atoms with E-state index in [0.29, 0.717) is 5.56 Å². The molecule has 20 heavy (non-hydrogen) atoms. The van der Waals surface area contributed by atoms with Crippen molar-refractivity contribution in [2.75, 3.05) is 0 Å². The fourth-order valence-corrected chi connectivity index (χ4v) is 1.77. The van der Waals surface area contributed by atoms with E-state index in [-0.39, 0.29) is 11.7 Å². The van der Waals surface area contributed by atoms with Gasteiger partial charge >= 0.3 is 15.6 Å². The van der Waals surface area contributed by atoms with Crippen LogP contribution in [0.2, 0.25) is 0 Å². The number of oxazole rings is 1. The van der Waals surface area contributed by atoms with Crippen LogP contribution in [0.5, 0.6) is 5.88 Å². The SMILES string of the molecule is Cc1oc(-c2ccccc2)nc1OS(=O)(=O)C(F)(F)F. The van der Waals surface area contributed by atoms with Crippen LogP contribution >= 0.6 is 0 Å². The van der Waals surface area contributed by atoms with Crippen molar-refractivity contribution in [3.63, 3.8) is 0 Å². The van der Waals surface area contributed by atoms with E-state index in [1.165, 1.54) is 6.92 Å². The molecule has 108 valence electrons. The van der Waals surface area contributed by atoms with Gasteiger partial charge in [-0.15, -0.1) is 0 Å². The van der Waals surface area contributed by atoms with Crippen molar-refractivity contribution < 1.29 is 30.2 Å². The molecule has 0 aliphatic rings. The number of hydrogen-bond acceptors (Lipinski definition) is 5. The van der Waals surface area contributed by atoms with Crippen molar-refractivity contribution in [1.29, 1.82) is 0 Å². The van der Waals surface area contributed by atoms with Crippen LogP contribution in [0.3, 0.4) is 0 Å². The molecule has 0 fully saturated rings. The van der Waals surface area contributed by atoms with Crippen LogP contribution in [-0.4, -0.2) is 18.9 Å². The summed E-state index contributed by atoms with van der Waals surface area (Å²) in [5.41, 5.74) is -5.04. The van der Waals surface area contributed by atoms with E-state index < -0.39 is 21.5 Å².